The zero-order valence-electron chi connectivity index (χ0n) is 16.5. The predicted molar refractivity (Wildman–Crippen MR) is 102 cm³/mol. The summed E-state index contributed by atoms with van der Waals surface area (Å²) in [5.74, 6) is 0.181. The van der Waals surface area contributed by atoms with Crippen molar-refractivity contribution in [1.82, 2.24) is 0 Å². The van der Waals surface area contributed by atoms with E-state index in [1.165, 1.54) is 0 Å². The first-order valence-electron chi connectivity index (χ1n) is 8.97. The molecule has 150 valence electrons. The molecule has 0 fully saturated rings. The van der Waals surface area contributed by atoms with Gasteiger partial charge in [-0.15, -0.1) is 0 Å². The Hall–Kier alpha value is -3.48. The van der Waals surface area contributed by atoms with Gasteiger partial charge in [0.05, 0.1) is 45.5 Å². The average Bonchev–Trinajstić information content (AvgIpc) is 3.03. The molecule has 2 aliphatic carbocycles. The van der Waals surface area contributed by atoms with E-state index in [1.807, 2.05) is 18.2 Å². The molecule has 4 rings (SSSR count). The van der Waals surface area contributed by atoms with Crippen LogP contribution in [0.15, 0.2) is 64.7 Å². The zero-order chi connectivity index (χ0) is 20.7. The van der Waals surface area contributed by atoms with Crippen molar-refractivity contribution in [2.45, 2.75) is 5.92 Å². The smallest absolute Gasteiger partial charge is 0.346 e. The van der Waals surface area contributed by atoms with E-state index in [1.54, 1.807) is 46.7 Å². The quantitative estimate of drug-likeness (QED) is 0.559. The topological polar surface area (TPSA) is 80.3 Å². The molecule has 1 aliphatic heterocycles. The van der Waals surface area contributed by atoms with Gasteiger partial charge in [-0.2, -0.15) is 0 Å². The molecule has 0 N–H and O–H groups in total. The van der Waals surface area contributed by atoms with Crippen molar-refractivity contribution in [1.29, 1.82) is 0 Å². The normalized spacial score (nSPS) is 22.7. The summed E-state index contributed by atoms with van der Waals surface area (Å²) in [5, 5.41) is 0. The van der Waals surface area contributed by atoms with Crippen LogP contribution in [0.25, 0.3) is 0 Å². The summed E-state index contributed by atoms with van der Waals surface area (Å²) in [6, 6.07) is 5.38. The van der Waals surface area contributed by atoms with Gasteiger partial charge in [0.15, 0.2) is 0 Å². The number of allylic oxidation sites excluding steroid dienone is 3. The molecule has 1 heterocycles. The summed E-state index contributed by atoms with van der Waals surface area (Å²) in [6.07, 6.45) is 5.28. The lowest BCUT2D eigenvalue weighted by Gasteiger charge is -2.35. The molecule has 0 bridgehead atoms. The fourth-order valence-corrected chi connectivity index (χ4v) is 4.03. The molecule has 29 heavy (non-hydrogen) atoms. The van der Waals surface area contributed by atoms with Gasteiger partial charge in [-0.1, -0.05) is 0 Å². The van der Waals surface area contributed by atoms with Gasteiger partial charge in [-0.25, -0.2) is 9.59 Å². The molecule has 0 aromatic heterocycles. The van der Waals surface area contributed by atoms with E-state index in [2.05, 4.69) is 0 Å². The van der Waals surface area contributed by atoms with Gasteiger partial charge >= 0.3 is 11.9 Å². The second kappa shape index (κ2) is 7.16. The van der Waals surface area contributed by atoms with Crippen LogP contribution >= 0.6 is 0 Å². The molecule has 2 atom stereocenters. The number of hydrogen-bond acceptors (Lipinski definition) is 7. The Balaban J connectivity index is 1.96. The largest absolute Gasteiger partial charge is 0.500 e. The van der Waals surface area contributed by atoms with E-state index in [9.17, 15) is 9.59 Å². The van der Waals surface area contributed by atoms with Crippen LogP contribution < -0.4 is 9.47 Å². The molecule has 1 unspecified atom stereocenters. The summed E-state index contributed by atoms with van der Waals surface area (Å²) in [7, 11) is 6.23. The van der Waals surface area contributed by atoms with Crippen LogP contribution in [-0.4, -0.2) is 40.4 Å². The van der Waals surface area contributed by atoms with E-state index >= 15 is 0 Å². The van der Waals surface area contributed by atoms with Crippen LogP contribution in [0.3, 0.4) is 0 Å². The molecule has 0 saturated carbocycles. The third kappa shape index (κ3) is 2.99. The average molecular weight is 396 g/mol. The maximum atomic E-state index is 12.6. The number of esters is 2. The fraction of sp³-hybridized carbons (Fsp3) is 0.273. The van der Waals surface area contributed by atoms with Crippen molar-refractivity contribution >= 4 is 11.9 Å². The SMILES string of the molecule is COC1=CC2=CC3=C(C(=O)OC3=O)C(c3cc(OC)cc(OC)c3)[C@@H]2C(OC)=C1. The number of carbonyl (C=O) groups is 2. The lowest BCUT2D eigenvalue weighted by molar-refractivity contribution is -0.151. The van der Waals surface area contributed by atoms with Crippen LogP contribution in [-0.2, 0) is 23.8 Å². The first kappa shape index (κ1) is 18.9. The van der Waals surface area contributed by atoms with Gasteiger partial charge in [-0.05, 0) is 35.4 Å². The fourth-order valence-electron chi connectivity index (χ4n) is 4.03. The Labute approximate surface area is 167 Å². The second-order valence-corrected chi connectivity index (χ2v) is 6.75. The van der Waals surface area contributed by atoms with Crippen molar-refractivity contribution in [2.75, 3.05) is 28.4 Å². The maximum absolute atomic E-state index is 12.6. The van der Waals surface area contributed by atoms with Crippen LogP contribution in [0.4, 0.5) is 0 Å². The highest BCUT2D eigenvalue weighted by Crippen LogP contribution is 2.51. The highest BCUT2D eigenvalue weighted by Gasteiger charge is 2.47. The predicted octanol–water partition coefficient (Wildman–Crippen LogP) is 2.80. The summed E-state index contributed by atoms with van der Waals surface area (Å²) in [6.45, 7) is 0. The third-order valence-corrected chi connectivity index (χ3v) is 5.33. The zero-order valence-corrected chi connectivity index (χ0v) is 16.5. The molecule has 0 saturated heterocycles. The lowest BCUT2D eigenvalue weighted by atomic mass is 9.69. The van der Waals surface area contributed by atoms with Crippen molar-refractivity contribution in [3.63, 3.8) is 0 Å². The number of benzene rings is 1. The molecule has 0 amide bonds. The number of methoxy groups -OCH3 is 4. The number of ether oxygens (including phenoxy) is 5. The Kier molecular flexibility index (Phi) is 4.66. The first-order chi connectivity index (χ1) is 14.0. The monoisotopic (exact) mass is 396 g/mol. The van der Waals surface area contributed by atoms with E-state index < -0.39 is 17.9 Å². The molecule has 0 spiro atoms. The van der Waals surface area contributed by atoms with E-state index in [4.69, 9.17) is 23.7 Å². The van der Waals surface area contributed by atoms with Crippen molar-refractivity contribution in [2.24, 2.45) is 5.92 Å². The summed E-state index contributed by atoms with van der Waals surface area (Å²) >= 11 is 0. The summed E-state index contributed by atoms with van der Waals surface area (Å²) in [4.78, 5) is 24.9. The number of fused-ring (bicyclic) bond motifs is 1. The maximum Gasteiger partial charge on any atom is 0.346 e. The Morgan fingerprint density at radius 2 is 1.45 bits per heavy atom. The first-order valence-corrected chi connectivity index (χ1v) is 8.97. The third-order valence-electron chi connectivity index (χ3n) is 5.33. The summed E-state index contributed by atoms with van der Waals surface area (Å²) in [5.41, 5.74) is 2.08. The molecule has 1 aromatic carbocycles. The van der Waals surface area contributed by atoms with E-state index in [0.717, 1.165) is 11.1 Å². The van der Waals surface area contributed by atoms with E-state index in [0.29, 0.717) is 28.6 Å². The van der Waals surface area contributed by atoms with Crippen LogP contribution in [0.2, 0.25) is 0 Å². The van der Waals surface area contributed by atoms with Gasteiger partial charge < -0.3 is 23.7 Å². The van der Waals surface area contributed by atoms with Crippen molar-refractivity contribution in [3.05, 3.63) is 70.2 Å². The molecule has 7 nitrogen and oxygen atoms in total. The molecule has 7 heteroatoms. The van der Waals surface area contributed by atoms with Gasteiger partial charge in [0.2, 0.25) is 0 Å². The molecular formula is C22H20O7. The standard InChI is InChI=1S/C22H20O7/c1-25-13-5-11(6-14(9-13)26-2)19-18-12(7-15(27-3)10-17(18)28-4)8-16-20(19)22(24)29-21(16)23/h5-10,18-19H,1-4H3/t18-,19?/m0/s1. The molecular weight excluding hydrogens is 376 g/mol. The van der Waals surface area contributed by atoms with Crippen molar-refractivity contribution in [3.8, 4) is 11.5 Å². The molecule has 1 aromatic rings. The summed E-state index contributed by atoms with van der Waals surface area (Å²) < 4.78 is 26.7. The Morgan fingerprint density at radius 1 is 0.759 bits per heavy atom. The van der Waals surface area contributed by atoms with Crippen LogP contribution in [0, 0.1) is 5.92 Å². The van der Waals surface area contributed by atoms with Crippen LogP contribution in [0.1, 0.15) is 11.5 Å². The van der Waals surface area contributed by atoms with Gasteiger partial charge in [-0.3, -0.25) is 0 Å². The van der Waals surface area contributed by atoms with Gasteiger partial charge in [0, 0.05) is 18.1 Å². The Bertz CT molecular complexity index is 1000. The highest BCUT2D eigenvalue weighted by atomic mass is 16.6. The minimum absolute atomic E-state index is 0.247. The minimum Gasteiger partial charge on any atom is -0.500 e. The number of cyclic esters (lactones) is 2. The highest BCUT2D eigenvalue weighted by molar-refractivity contribution is 6.15. The minimum atomic E-state index is -0.656. The van der Waals surface area contributed by atoms with Gasteiger partial charge in [0.1, 0.15) is 23.0 Å². The van der Waals surface area contributed by atoms with Crippen molar-refractivity contribution < 1.29 is 33.3 Å². The second-order valence-electron chi connectivity index (χ2n) is 6.75. The molecule has 0 radical (unpaired) electrons. The number of rotatable bonds is 5. The van der Waals surface area contributed by atoms with Gasteiger partial charge in [0.25, 0.3) is 0 Å². The van der Waals surface area contributed by atoms with E-state index in [-0.39, 0.29) is 11.5 Å². The lowest BCUT2D eigenvalue weighted by Crippen LogP contribution is -2.27. The van der Waals surface area contributed by atoms with Crippen LogP contribution in [0.5, 0.6) is 11.5 Å². The molecule has 3 aliphatic rings. The number of hydrogen-bond donors (Lipinski definition) is 0. The number of carbonyl (C=O) groups excluding carboxylic acids is 2. The Morgan fingerprint density at radius 3 is 2.03 bits per heavy atom.